The van der Waals surface area contributed by atoms with E-state index in [2.05, 4.69) is 10.3 Å². The van der Waals surface area contributed by atoms with Crippen molar-refractivity contribution in [3.8, 4) is 0 Å². The fourth-order valence-corrected chi connectivity index (χ4v) is 2.29. The molecule has 0 unspecified atom stereocenters. The van der Waals surface area contributed by atoms with Gasteiger partial charge in [-0.15, -0.1) is 24.0 Å². The number of nitrogens with two attached hydrogens (primary N) is 1. The zero-order chi connectivity index (χ0) is 17.5. The SMILES string of the molecule is CN=C(NCc1ccc(C(N)=O)cc1)N(C)Cc1ccc(F)cc1.I. The van der Waals surface area contributed by atoms with E-state index in [-0.39, 0.29) is 29.8 Å². The highest BCUT2D eigenvalue weighted by atomic mass is 127. The topological polar surface area (TPSA) is 70.7 Å². The number of carbonyl (C=O) groups excluding carboxylic acids is 1. The normalized spacial score (nSPS) is 10.8. The number of aliphatic imine (C=N–C) groups is 1. The van der Waals surface area contributed by atoms with Crippen LogP contribution in [0.15, 0.2) is 53.5 Å². The van der Waals surface area contributed by atoms with Gasteiger partial charge in [0.25, 0.3) is 0 Å². The van der Waals surface area contributed by atoms with Gasteiger partial charge >= 0.3 is 0 Å². The molecule has 2 rings (SSSR count). The van der Waals surface area contributed by atoms with Gasteiger partial charge in [-0.3, -0.25) is 9.79 Å². The molecule has 0 spiro atoms. The maximum absolute atomic E-state index is 13.0. The molecule has 0 saturated carbocycles. The number of benzene rings is 2. The first kappa shape index (κ1) is 20.9. The van der Waals surface area contributed by atoms with Crippen LogP contribution in [0.25, 0.3) is 0 Å². The first-order valence-corrected chi connectivity index (χ1v) is 7.54. The molecule has 0 bridgehead atoms. The van der Waals surface area contributed by atoms with Gasteiger partial charge in [-0.1, -0.05) is 24.3 Å². The summed E-state index contributed by atoms with van der Waals surface area (Å²) in [5, 5.41) is 3.25. The minimum absolute atomic E-state index is 0. The third kappa shape index (κ3) is 6.33. The van der Waals surface area contributed by atoms with Gasteiger partial charge < -0.3 is 16.0 Å². The van der Waals surface area contributed by atoms with Crippen LogP contribution in [0.2, 0.25) is 0 Å². The van der Waals surface area contributed by atoms with Crippen LogP contribution in [-0.4, -0.2) is 30.9 Å². The summed E-state index contributed by atoms with van der Waals surface area (Å²) in [5.41, 5.74) is 7.71. The van der Waals surface area contributed by atoms with Crippen LogP contribution in [0.1, 0.15) is 21.5 Å². The Labute approximate surface area is 164 Å². The molecule has 0 atom stereocenters. The first-order valence-electron chi connectivity index (χ1n) is 7.54. The number of hydrogen-bond donors (Lipinski definition) is 2. The number of primary amides is 1. The van der Waals surface area contributed by atoms with Crippen molar-refractivity contribution in [3.05, 3.63) is 71.0 Å². The van der Waals surface area contributed by atoms with Crippen molar-refractivity contribution >= 4 is 35.8 Å². The van der Waals surface area contributed by atoms with Crippen LogP contribution in [0.5, 0.6) is 0 Å². The molecule has 25 heavy (non-hydrogen) atoms. The summed E-state index contributed by atoms with van der Waals surface area (Å²) < 4.78 is 13.0. The number of nitrogens with one attached hydrogen (secondary N) is 1. The monoisotopic (exact) mass is 456 g/mol. The Morgan fingerprint density at radius 3 is 2.20 bits per heavy atom. The number of rotatable bonds is 5. The predicted molar refractivity (Wildman–Crippen MR) is 108 cm³/mol. The van der Waals surface area contributed by atoms with Crippen molar-refractivity contribution in [2.45, 2.75) is 13.1 Å². The lowest BCUT2D eigenvalue weighted by Crippen LogP contribution is -2.38. The van der Waals surface area contributed by atoms with Gasteiger partial charge in [0.2, 0.25) is 5.91 Å². The summed E-state index contributed by atoms with van der Waals surface area (Å²) in [6, 6.07) is 13.5. The van der Waals surface area contributed by atoms with Crippen LogP contribution in [0, 0.1) is 5.82 Å². The average Bonchev–Trinajstić information content (AvgIpc) is 2.58. The van der Waals surface area contributed by atoms with Crippen LogP contribution in [0.3, 0.4) is 0 Å². The lowest BCUT2D eigenvalue weighted by atomic mass is 10.1. The van der Waals surface area contributed by atoms with Crippen molar-refractivity contribution in [2.75, 3.05) is 14.1 Å². The molecule has 1 amide bonds. The molecule has 5 nitrogen and oxygen atoms in total. The van der Waals surface area contributed by atoms with E-state index < -0.39 is 5.91 Å². The summed E-state index contributed by atoms with van der Waals surface area (Å²) in [6.07, 6.45) is 0. The van der Waals surface area contributed by atoms with E-state index in [1.807, 2.05) is 24.1 Å². The molecule has 134 valence electrons. The molecule has 2 aromatic carbocycles. The Kier molecular flexibility index (Phi) is 8.33. The zero-order valence-corrected chi connectivity index (χ0v) is 16.5. The Hall–Kier alpha value is -2.16. The fraction of sp³-hybridized carbons (Fsp3) is 0.222. The third-order valence-corrected chi connectivity index (χ3v) is 3.60. The van der Waals surface area contributed by atoms with Gasteiger partial charge in [0.15, 0.2) is 5.96 Å². The molecule has 3 N–H and O–H groups in total. The largest absolute Gasteiger partial charge is 0.366 e. The molecule has 7 heteroatoms. The highest BCUT2D eigenvalue weighted by Crippen LogP contribution is 2.07. The summed E-state index contributed by atoms with van der Waals surface area (Å²) in [4.78, 5) is 17.3. The van der Waals surface area contributed by atoms with Crippen molar-refractivity contribution < 1.29 is 9.18 Å². The number of nitrogens with zero attached hydrogens (tertiary/aromatic N) is 2. The molecule has 0 aliphatic rings. The molecular formula is C18H22FIN4O. The Bertz CT molecular complexity index is 717. The van der Waals surface area contributed by atoms with Crippen molar-refractivity contribution in [1.29, 1.82) is 0 Å². The molecule has 0 heterocycles. The molecule has 0 saturated heterocycles. The minimum atomic E-state index is -0.440. The molecule has 0 fully saturated rings. The lowest BCUT2D eigenvalue weighted by Gasteiger charge is -2.22. The smallest absolute Gasteiger partial charge is 0.248 e. The minimum Gasteiger partial charge on any atom is -0.366 e. The second kappa shape index (κ2) is 9.97. The molecule has 2 aromatic rings. The molecule has 0 aliphatic heterocycles. The van der Waals surface area contributed by atoms with Gasteiger partial charge in [0.05, 0.1) is 0 Å². The number of carbonyl (C=O) groups is 1. The molecular weight excluding hydrogens is 434 g/mol. The quantitative estimate of drug-likeness (QED) is 0.413. The van der Waals surface area contributed by atoms with Gasteiger partial charge in [0, 0.05) is 32.7 Å². The fourth-order valence-electron chi connectivity index (χ4n) is 2.29. The summed E-state index contributed by atoms with van der Waals surface area (Å²) in [5.74, 6) is 0.0333. The van der Waals surface area contributed by atoms with E-state index in [0.717, 1.165) is 17.1 Å². The second-order valence-corrected chi connectivity index (χ2v) is 5.44. The third-order valence-electron chi connectivity index (χ3n) is 3.60. The van der Waals surface area contributed by atoms with Gasteiger partial charge in [-0.2, -0.15) is 0 Å². The van der Waals surface area contributed by atoms with Crippen LogP contribution < -0.4 is 11.1 Å². The van der Waals surface area contributed by atoms with E-state index in [9.17, 15) is 9.18 Å². The highest BCUT2D eigenvalue weighted by molar-refractivity contribution is 14.0. The van der Waals surface area contributed by atoms with Gasteiger partial charge in [-0.05, 0) is 35.4 Å². The Morgan fingerprint density at radius 2 is 1.68 bits per heavy atom. The van der Waals surface area contributed by atoms with Gasteiger partial charge in [0.1, 0.15) is 5.82 Å². The summed E-state index contributed by atoms with van der Waals surface area (Å²) >= 11 is 0. The van der Waals surface area contributed by atoms with E-state index in [4.69, 9.17) is 5.73 Å². The standard InChI is InChI=1S/C18H21FN4O.HI/c1-21-18(23(2)12-14-5-9-16(19)10-6-14)22-11-13-3-7-15(8-4-13)17(20)24;/h3-10H,11-12H2,1-2H3,(H2,20,24)(H,21,22);1H. The Balaban J connectivity index is 0.00000312. The van der Waals surface area contributed by atoms with Crippen LogP contribution in [0.4, 0.5) is 4.39 Å². The maximum Gasteiger partial charge on any atom is 0.248 e. The van der Waals surface area contributed by atoms with Crippen LogP contribution >= 0.6 is 24.0 Å². The first-order chi connectivity index (χ1) is 11.5. The van der Waals surface area contributed by atoms with E-state index in [0.29, 0.717) is 18.7 Å². The van der Waals surface area contributed by atoms with Crippen LogP contribution in [-0.2, 0) is 13.1 Å². The van der Waals surface area contributed by atoms with Crippen molar-refractivity contribution in [2.24, 2.45) is 10.7 Å². The predicted octanol–water partition coefficient (Wildman–Crippen LogP) is 2.75. The van der Waals surface area contributed by atoms with Crippen molar-refractivity contribution in [3.63, 3.8) is 0 Å². The number of amides is 1. The number of hydrogen-bond acceptors (Lipinski definition) is 2. The summed E-state index contributed by atoms with van der Waals surface area (Å²) in [7, 11) is 3.62. The Morgan fingerprint density at radius 1 is 1.12 bits per heavy atom. The number of halogens is 2. The average molecular weight is 456 g/mol. The second-order valence-electron chi connectivity index (χ2n) is 5.44. The van der Waals surface area contributed by atoms with E-state index in [1.165, 1.54) is 12.1 Å². The van der Waals surface area contributed by atoms with E-state index >= 15 is 0 Å². The van der Waals surface area contributed by atoms with Crippen molar-refractivity contribution in [1.82, 2.24) is 10.2 Å². The van der Waals surface area contributed by atoms with Gasteiger partial charge in [-0.25, -0.2) is 4.39 Å². The van der Waals surface area contributed by atoms with E-state index in [1.54, 1.807) is 31.3 Å². The maximum atomic E-state index is 13.0. The molecule has 0 aliphatic carbocycles. The summed E-state index contributed by atoms with van der Waals surface area (Å²) in [6.45, 7) is 1.18. The molecule has 0 radical (unpaired) electrons. The molecule has 0 aromatic heterocycles. The zero-order valence-electron chi connectivity index (χ0n) is 14.2. The highest BCUT2D eigenvalue weighted by Gasteiger charge is 2.07. The number of guanidine groups is 1. The lowest BCUT2D eigenvalue weighted by molar-refractivity contribution is 0.100.